The van der Waals surface area contributed by atoms with Gasteiger partial charge in [-0.2, -0.15) is 0 Å². The molecule has 0 aliphatic carbocycles. The van der Waals surface area contributed by atoms with Gasteiger partial charge in [-0.3, -0.25) is 0 Å². The fraction of sp³-hybridized carbons (Fsp3) is 0.316. The van der Waals surface area contributed by atoms with Crippen LogP contribution in [0.2, 0.25) is 5.02 Å². The molecular formula is C19H20BrClFN5O2S. The third-order valence-corrected chi connectivity index (χ3v) is 6.31. The van der Waals surface area contributed by atoms with Crippen LogP contribution in [0.5, 0.6) is 11.5 Å². The summed E-state index contributed by atoms with van der Waals surface area (Å²) < 4.78 is 28.0. The molecule has 0 bridgehead atoms. The molecule has 3 aromatic rings. The van der Waals surface area contributed by atoms with Gasteiger partial charge in [0.25, 0.3) is 0 Å². The van der Waals surface area contributed by atoms with E-state index in [0.717, 1.165) is 27.5 Å². The van der Waals surface area contributed by atoms with Crippen molar-refractivity contribution in [2.75, 3.05) is 19.4 Å². The number of thioether (sulfide) groups is 1. The number of tetrazole rings is 1. The van der Waals surface area contributed by atoms with E-state index in [0.29, 0.717) is 28.6 Å². The number of benzene rings is 2. The van der Waals surface area contributed by atoms with E-state index in [1.807, 2.05) is 6.07 Å². The lowest BCUT2D eigenvalue weighted by molar-refractivity contribution is 0.276. The number of nitrogens with one attached hydrogen (secondary N) is 1. The predicted octanol–water partition coefficient (Wildman–Crippen LogP) is 4.23. The number of aromatic nitrogens is 4. The quantitative estimate of drug-likeness (QED) is 0.319. The molecule has 0 atom stereocenters. The van der Waals surface area contributed by atoms with Gasteiger partial charge in [-0.1, -0.05) is 45.4 Å². The minimum atomic E-state index is -0.411. The molecule has 1 heterocycles. The second kappa shape index (κ2) is 10.9. The first kappa shape index (κ1) is 22.8. The Hall–Kier alpha value is -1.88. The van der Waals surface area contributed by atoms with Crippen molar-refractivity contribution in [3.8, 4) is 11.5 Å². The Morgan fingerprint density at radius 3 is 2.80 bits per heavy atom. The van der Waals surface area contributed by atoms with Crippen LogP contribution in [0.4, 0.5) is 4.39 Å². The predicted molar refractivity (Wildman–Crippen MR) is 118 cm³/mol. The summed E-state index contributed by atoms with van der Waals surface area (Å²) in [5.41, 5.74) is 1.17. The molecule has 0 spiro atoms. The highest BCUT2D eigenvalue weighted by Crippen LogP contribution is 2.37. The van der Waals surface area contributed by atoms with Gasteiger partial charge in [0.05, 0.1) is 12.1 Å². The highest BCUT2D eigenvalue weighted by atomic mass is 79.9. The molecule has 1 aromatic heterocycles. The molecule has 2 aromatic carbocycles. The molecule has 0 amide bonds. The molecule has 30 heavy (non-hydrogen) atoms. The third kappa shape index (κ3) is 5.63. The standard InChI is InChI=1S/C19H20BrClFN5O2S/c1-27-19(24-25-26-27)30-9-8-23-10-12-14(20)6-7-17(28-2)18(12)29-11-13-15(21)4-3-5-16(13)22/h3-7,23H,8-11H2,1-2H3. The number of nitrogens with zero attached hydrogens (tertiary/aromatic N) is 4. The summed E-state index contributed by atoms with van der Waals surface area (Å²) in [7, 11) is 3.36. The zero-order valence-corrected chi connectivity index (χ0v) is 19.5. The molecular weight excluding hydrogens is 497 g/mol. The number of methoxy groups -OCH3 is 1. The van der Waals surface area contributed by atoms with Gasteiger partial charge in [0, 0.05) is 41.5 Å². The van der Waals surface area contributed by atoms with E-state index in [1.165, 1.54) is 6.07 Å². The van der Waals surface area contributed by atoms with Crippen LogP contribution in [0.15, 0.2) is 40.0 Å². The van der Waals surface area contributed by atoms with Crippen molar-refractivity contribution in [3.05, 3.63) is 56.8 Å². The van der Waals surface area contributed by atoms with Crippen LogP contribution in [-0.4, -0.2) is 39.6 Å². The van der Waals surface area contributed by atoms with Crippen LogP contribution in [-0.2, 0) is 20.2 Å². The fourth-order valence-corrected chi connectivity index (χ4v) is 4.07. The van der Waals surface area contributed by atoms with Gasteiger partial charge >= 0.3 is 0 Å². The lowest BCUT2D eigenvalue weighted by Crippen LogP contribution is -2.18. The number of hydrogen-bond donors (Lipinski definition) is 1. The summed E-state index contributed by atoms with van der Waals surface area (Å²) in [5, 5.41) is 15.8. The SMILES string of the molecule is COc1ccc(Br)c(CNCCSc2nnnn2C)c1OCc1c(F)cccc1Cl. The number of aryl methyl sites for hydroxylation is 1. The number of ether oxygens (including phenoxy) is 2. The Bertz CT molecular complexity index is 987. The topological polar surface area (TPSA) is 74.1 Å². The lowest BCUT2D eigenvalue weighted by Gasteiger charge is -2.18. The van der Waals surface area contributed by atoms with E-state index in [9.17, 15) is 4.39 Å². The summed E-state index contributed by atoms with van der Waals surface area (Å²) in [5.74, 6) is 1.47. The average molecular weight is 517 g/mol. The van der Waals surface area contributed by atoms with Crippen molar-refractivity contribution in [1.29, 1.82) is 0 Å². The van der Waals surface area contributed by atoms with Crippen LogP contribution >= 0.6 is 39.3 Å². The van der Waals surface area contributed by atoms with Crippen molar-refractivity contribution in [2.24, 2.45) is 7.05 Å². The van der Waals surface area contributed by atoms with E-state index in [-0.39, 0.29) is 6.61 Å². The highest BCUT2D eigenvalue weighted by molar-refractivity contribution is 9.10. The summed E-state index contributed by atoms with van der Waals surface area (Å²) >= 11 is 11.2. The molecule has 0 saturated carbocycles. The molecule has 0 radical (unpaired) electrons. The molecule has 0 unspecified atom stereocenters. The molecule has 11 heteroatoms. The number of halogens is 3. The number of hydrogen-bond acceptors (Lipinski definition) is 7. The van der Waals surface area contributed by atoms with Gasteiger partial charge in [0.15, 0.2) is 11.5 Å². The highest BCUT2D eigenvalue weighted by Gasteiger charge is 2.16. The van der Waals surface area contributed by atoms with E-state index >= 15 is 0 Å². The Balaban J connectivity index is 1.66. The normalized spacial score (nSPS) is 11.0. The van der Waals surface area contributed by atoms with Gasteiger partial charge in [-0.05, 0) is 34.7 Å². The second-order valence-electron chi connectivity index (χ2n) is 6.16. The lowest BCUT2D eigenvalue weighted by atomic mass is 10.1. The Morgan fingerprint density at radius 2 is 2.10 bits per heavy atom. The van der Waals surface area contributed by atoms with Crippen LogP contribution in [0.3, 0.4) is 0 Å². The van der Waals surface area contributed by atoms with Gasteiger partial charge < -0.3 is 14.8 Å². The molecule has 0 aliphatic rings. The molecule has 160 valence electrons. The third-order valence-electron chi connectivity index (χ3n) is 4.20. The summed E-state index contributed by atoms with van der Waals surface area (Å²) in [6.07, 6.45) is 0. The minimum absolute atomic E-state index is 0.0136. The van der Waals surface area contributed by atoms with Crippen molar-refractivity contribution < 1.29 is 13.9 Å². The first-order valence-electron chi connectivity index (χ1n) is 8.98. The maximum Gasteiger partial charge on any atom is 0.209 e. The molecule has 3 rings (SSSR count). The zero-order valence-electron chi connectivity index (χ0n) is 16.4. The molecule has 0 aliphatic heterocycles. The first-order chi connectivity index (χ1) is 14.5. The van der Waals surface area contributed by atoms with Crippen molar-refractivity contribution in [3.63, 3.8) is 0 Å². The Labute approximate surface area is 191 Å². The van der Waals surface area contributed by atoms with Crippen molar-refractivity contribution in [2.45, 2.75) is 18.3 Å². The van der Waals surface area contributed by atoms with E-state index in [1.54, 1.807) is 48.8 Å². The van der Waals surface area contributed by atoms with E-state index < -0.39 is 5.82 Å². The van der Waals surface area contributed by atoms with E-state index in [2.05, 4.69) is 36.8 Å². The monoisotopic (exact) mass is 515 g/mol. The smallest absolute Gasteiger partial charge is 0.209 e. The Morgan fingerprint density at radius 1 is 1.27 bits per heavy atom. The van der Waals surface area contributed by atoms with Gasteiger partial charge in [-0.25, -0.2) is 9.07 Å². The Kier molecular flexibility index (Phi) is 8.32. The van der Waals surface area contributed by atoms with Gasteiger partial charge in [-0.15, -0.1) is 5.10 Å². The van der Waals surface area contributed by atoms with Gasteiger partial charge in [0.2, 0.25) is 5.16 Å². The summed E-state index contributed by atoms with van der Waals surface area (Å²) in [4.78, 5) is 0. The van der Waals surface area contributed by atoms with Gasteiger partial charge in [0.1, 0.15) is 12.4 Å². The molecule has 0 saturated heterocycles. The maximum atomic E-state index is 14.1. The molecule has 1 N–H and O–H groups in total. The van der Waals surface area contributed by atoms with Crippen molar-refractivity contribution in [1.82, 2.24) is 25.5 Å². The first-order valence-corrected chi connectivity index (χ1v) is 11.1. The van der Waals surface area contributed by atoms with Crippen LogP contribution in [0.1, 0.15) is 11.1 Å². The number of rotatable bonds is 10. The van der Waals surface area contributed by atoms with Crippen molar-refractivity contribution >= 4 is 39.3 Å². The maximum absolute atomic E-state index is 14.1. The van der Waals surface area contributed by atoms with Crippen LogP contribution < -0.4 is 14.8 Å². The van der Waals surface area contributed by atoms with Crippen LogP contribution in [0, 0.1) is 5.82 Å². The molecule has 7 nitrogen and oxygen atoms in total. The fourth-order valence-electron chi connectivity index (χ4n) is 2.65. The average Bonchev–Trinajstić information content (AvgIpc) is 3.13. The summed E-state index contributed by atoms with van der Waals surface area (Å²) in [6, 6.07) is 8.23. The molecule has 0 fully saturated rings. The van der Waals surface area contributed by atoms with E-state index in [4.69, 9.17) is 21.1 Å². The largest absolute Gasteiger partial charge is 0.493 e. The van der Waals surface area contributed by atoms with Crippen LogP contribution in [0.25, 0.3) is 0 Å². The zero-order chi connectivity index (χ0) is 21.5. The summed E-state index contributed by atoms with van der Waals surface area (Å²) in [6.45, 7) is 1.23. The minimum Gasteiger partial charge on any atom is -0.493 e. The second-order valence-corrected chi connectivity index (χ2v) is 8.48.